The lowest BCUT2D eigenvalue weighted by atomic mass is 10.0. The summed E-state index contributed by atoms with van der Waals surface area (Å²) in [7, 11) is 0. The summed E-state index contributed by atoms with van der Waals surface area (Å²) in [5.74, 6) is -0.448. The van der Waals surface area contributed by atoms with Crippen molar-refractivity contribution >= 4 is 17.9 Å². The lowest BCUT2D eigenvalue weighted by Gasteiger charge is -2.27. The largest absolute Gasteiger partial charge is 0.444 e. The van der Waals surface area contributed by atoms with Crippen LogP contribution >= 0.6 is 0 Å². The molecule has 1 aliphatic rings. The number of alkyl halides is 1. The third kappa shape index (κ3) is 6.46. The molecular formula is C26H32F2N2O4. The van der Waals surface area contributed by atoms with Gasteiger partial charge in [-0.2, -0.15) is 0 Å². The van der Waals surface area contributed by atoms with Gasteiger partial charge in [-0.1, -0.05) is 31.2 Å². The molecule has 8 heteroatoms. The molecule has 1 atom stereocenters. The lowest BCUT2D eigenvalue weighted by molar-refractivity contribution is 0.0228. The van der Waals surface area contributed by atoms with Crippen molar-refractivity contribution in [2.45, 2.75) is 58.8 Å². The Morgan fingerprint density at radius 3 is 2.47 bits per heavy atom. The van der Waals surface area contributed by atoms with Crippen LogP contribution in [0, 0.1) is 5.82 Å². The predicted octanol–water partition coefficient (Wildman–Crippen LogP) is 6.32. The Morgan fingerprint density at radius 2 is 1.91 bits per heavy atom. The highest BCUT2D eigenvalue weighted by Gasteiger charge is 2.31. The van der Waals surface area contributed by atoms with Gasteiger partial charge in [-0.15, -0.1) is 0 Å². The Kier molecular flexibility index (Phi) is 8.12. The number of cyclic esters (lactones) is 1. The van der Waals surface area contributed by atoms with E-state index in [1.165, 1.54) is 15.9 Å². The molecule has 34 heavy (non-hydrogen) atoms. The molecule has 1 saturated heterocycles. The fourth-order valence-electron chi connectivity index (χ4n) is 3.67. The second-order valence-corrected chi connectivity index (χ2v) is 9.33. The van der Waals surface area contributed by atoms with Crippen LogP contribution in [-0.2, 0) is 16.0 Å². The minimum absolute atomic E-state index is 0.187. The van der Waals surface area contributed by atoms with Crippen molar-refractivity contribution in [3.05, 3.63) is 53.8 Å². The molecule has 0 spiro atoms. The Bertz CT molecular complexity index is 1000. The summed E-state index contributed by atoms with van der Waals surface area (Å²) >= 11 is 0. The maximum atomic E-state index is 14.9. The zero-order valence-electron chi connectivity index (χ0n) is 20.1. The van der Waals surface area contributed by atoms with Crippen molar-refractivity contribution in [1.82, 2.24) is 4.90 Å². The number of carbonyl (C=O) groups excluding carboxylic acids is 2. The fraction of sp³-hybridized carbons (Fsp3) is 0.462. The van der Waals surface area contributed by atoms with Crippen LogP contribution in [0.4, 0.5) is 24.1 Å². The Balaban J connectivity index is 1.73. The van der Waals surface area contributed by atoms with E-state index in [0.29, 0.717) is 29.8 Å². The maximum absolute atomic E-state index is 14.9. The molecule has 0 bridgehead atoms. The lowest BCUT2D eigenvalue weighted by Crippen LogP contribution is -2.37. The first-order valence-electron chi connectivity index (χ1n) is 11.5. The number of hydrogen-bond acceptors (Lipinski definition) is 4. The van der Waals surface area contributed by atoms with Crippen LogP contribution in [0.2, 0.25) is 0 Å². The minimum atomic E-state index is -0.651. The molecule has 6 nitrogen and oxygen atoms in total. The molecule has 2 amide bonds. The average Bonchev–Trinajstić information content (AvgIpc) is 3.16. The molecule has 0 aromatic heterocycles. The van der Waals surface area contributed by atoms with E-state index in [0.717, 1.165) is 5.56 Å². The van der Waals surface area contributed by atoms with Crippen LogP contribution < -0.4 is 4.90 Å². The van der Waals surface area contributed by atoms with Crippen LogP contribution in [0.25, 0.3) is 11.1 Å². The van der Waals surface area contributed by atoms with Crippen LogP contribution in [0.3, 0.4) is 0 Å². The van der Waals surface area contributed by atoms with Gasteiger partial charge in [0.05, 0.1) is 18.9 Å². The van der Waals surface area contributed by atoms with Crippen LogP contribution in [0.15, 0.2) is 42.5 Å². The van der Waals surface area contributed by atoms with Gasteiger partial charge >= 0.3 is 12.2 Å². The number of ether oxygens (including phenoxy) is 2. The standard InChI is InChI=1S/C26H32F2N2O4/c1-5-21-17-30(25(32)33-21)20-11-12-22(23(28)15-20)19-9-7-18(8-10-19)16-29(14-6-13-27)24(31)34-26(2,3)4/h7-12,15,21H,5-6,13-14,16-17H2,1-4H3/t21-/m0/s1. The first kappa shape index (κ1) is 25.5. The molecule has 2 aromatic rings. The Labute approximate surface area is 199 Å². The highest BCUT2D eigenvalue weighted by Crippen LogP contribution is 2.30. The van der Waals surface area contributed by atoms with Gasteiger partial charge in [0.15, 0.2) is 0 Å². The van der Waals surface area contributed by atoms with Gasteiger partial charge in [-0.05, 0) is 62.9 Å². The van der Waals surface area contributed by atoms with Crippen molar-refractivity contribution in [2.75, 3.05) is 24.7 Å². The smallest absolute Gasteiger partial charge is 0.414 e. The zero-order valence-corrected chi connectivity index (χ0v) is 20.1. The van der Waals surface area contributed by atoms with E-state index in [2.05, 4.69) is 0 Å². The number of rotatable bonds is 8. The molecule has 0 aliphatic carbocycles. The number of hydrogen-bond donors (Lipinski definition) is 0. The van der Waals surface area contributed by atoms with Gasteiger partial charge in [0.25, 0.3) is 0 Å². The van der Waals surface area contributed by atoms with Crippen LogP contribution in [0.5, 0.6) is 0 Å². The second-order valence-electron chi connectivity index (χ2n) is 9.33. The number of carbonyl (C=O) groups is 2. The highest BCUT2D eigenvalue weighted by molar-refractivity contribution is 5.90. The summed E-state index contributed by atoms with van der Waals surface area (Å²) in [4.78, 5) is 27.5. The normalized spacial score (nSPS) is 15.9. The number of amides is 2. The molecule has 0 N–H and O–H groups in total. The van der Waals surface area contributed by atoms with E-state index in [4.69, 9.17) is 9.47 Å². The SMILES string of the molecule is CC[C@H]1CN(c2ccc(-c3ccc(CN(CCCF)C(=O)OC(C)(C)C)cc3)c(F)c2)C(=O)O1. The molecule has 0 radical (unpaired) electrons. The van der Waals surface area contributed by atoms with Gasteiger partial charge in [0.2, 0.25) is 0 Å². The molecule has 1 heterocycles. The summed E-state index contributed by atoms with van der Waals surface area (Å²) in [5, 5.41) is 0. The molecule has 2 aromatic carbocycles. The summed E-state index contributed by atoms with van der Waals surface area (Å²) < 4.78 is 38.3. The molecule has 3 rings (SSSR count). The molecule has 1 fully saturated rings. The molecular weight excluding hydrogens is 442 g/mol. The van der Waals surface area contributed by atoms with E-state index in [9.17, 15) is 18.4 Å². The summed E-state index contributed by atoms with van der Waals surface area (Å²) in [6, 6.07) is 11.8. The van der Waals surface area contributed by atoms with Crippen LogP contribution in [-0.4, -0.2) is 48.6 Å². The highest BCUT2D eigenvalue weighted by atomic mass is 19.1. The zero-order chi connectivity index (χ0) is 24.9. The molecule has 1 aliphatic heterocycles. The Morgan fingerprint density at radius 1 is 1.21 bits per heavy atom. The third-order valence-corrected chi connectivity index (χ3v) is 5.45. The van der Waals surface area contributed by atoms with E-state index < -0.39 is 30.3 Å². The number of benzene rings is 2. The van der Waals surface area contributed by atoms with E-state index in [1.54, 1.807) is 57.2 Å². The van der Waals surface area contributed by atoms with E-state index >= 15 is 0 Å². The van der Waals surface area contributed by atoms with Crippen molar-refractivity contribution in [1.29, 1.82) is 0 Å². The molecule has 0 unspecified atom stereocenters. The molecule has 184 valence electrons. The monoisotopic (exact) mass is 474 g/mol. The van der Waals surface area contributed by atoms with Gasteiger partial charge in [-0.25, -0.2) is 14.0 Å². The predicted molar refractivity (Wildman–Crippen MR) is 127 cm³/mol. The van der Waals surface area contributed by atoms with E-state index in [1.807, 2.05) is 6.92 Å². The number of anilines is 1. The first-order chi connectivity index (χ1) is 16.1. The number of nitrogens with zero attached hydrogens (tertiary/aromatic N) is 2. The van der Waals surface area contributed by atoms with Crippen molar-refractivity contribution in [3.8, 4) is 11.1 Å². The second kappa shape index (κ2) is 10.8. The molecule has 0 saturated carbocycles. The number of halogens is 2. The fourth-order valence-corrected chi connectivity index (χ4v) is 3.67. The topological polar surface area (TPSA) is 59.1 Å². The van der Waals surface area contributed by atoms with Crippen molar-refractivity contribution in [2.24, 2.45) is 0 Å². The average molecular weight is 475 g/mol. The van der Waals surface area contributed by atoms with Gasteiger partial charge in [0.1, 0.15) is 17.5 Å². The quantitative estimate of drug-likeness (QED) is 0.449. The summed E-state index contributed by atoms with van der Waals surface area (Å²) in [6.07, 6.45) is -0.233. The van der Waals surface area contributed by atoms with Crippen molar-refractivity contribution in [3.63, 3.8) is 0 Å². The van der Waals surface area contributed by atoms with E-state index in [-0.39, 0.29) is 25.6 Å². The third-order valence-electron chi connectivity index (χ3n) is 5.45. The van der Waals surface area contributed by atoms with Gasteiger partial charge in [-0.3, -0.25) is 9.29 Å². The summed E-state index contributed by atoms with van der Waals surface area (Å²) in [6.45, 7) is 7.64. The van der Waals surface area contributed by atoms with Crippen molar-refractivity contribution < 1.29 is 27.8 Å². The van der Waals surface area contributed by atoms with Crippen LogP contribution in [0.1, 0.15) is 46.1 Å². The maximum Gasteiger partial charge on any atom is 0.414 e. The first-order valence-corrected chi connectivity index (χ1v) is 11.5. The Hall–Kier alpha value is -3.16. The summed E-state index contributed by atoms with van der Waals surface area (Å²) in [5.41, 5.74) is 1.68. The van der Waals surface area contributed by atoms with Gasteiger partial charge in [0, 0.05) is 18.7 Å². The minimum Gasteiger partial charge on any atom is -0.444 e. The van der Waals surface area contributed by atoms with Gasteiger partial charge < -0.3 is 14.4 Å².